The summed E-state index contributed by atoms with van der Waals surface area (Å²) in [7, 11) is 0. The Balaban J connectivity index is 1.12. The number of ether oxygens (including phenoxy) is 2. The van der Waals surface area contributed by atoms with E-state index in [1.54, 1.807) is 24.5 Å². The first kappa shape index (κ1) is 26.5. The number of rotatable bonds is 8. The summed E-state index contributed by atoms with van der Waals surface area (Å²) >= 11 is 0. The first-order valence-corrected chi connectivity index (χ1v) is 13.5. The topological polar surface area (TPSA) is 87.1 Å². The Morgan fingerprint density at radius 2 is 0.952 bits per heavy atom. The van der Waals surface area contributed by atoms with Gasteiger partial charge in [-0.1, -0.05) is 84.9 Å². The van der Waals surface area contributed by atoms with E-state index in [0.29, 0.717) is 12.8 Å². The molecule has 42 heavy (non-hydrogen) atoms. The quantitative estimate of drug-likeness (QED) is 0.183. The molecule has 4 aromatic heterocycles. The SMILES string of the molecule is O=C(Oc1ncccc1Cc1ccc(-c2ccccc2)nc1)Oc1ncccc1Cc1ccc(-c2ccccc2)nc1. The average molecular weight is 551 g/mol. The number of aromatic nitrogens is 4. The van der Waals surface area contributed by atoms with E-state index in [1.807, 2.05) is 109 Å². The van der Waals surface area contributed by atoms with E-state index < -0.39 is 6.16 Å². The van der Waals surface area contributed by atoms with Gasteiger partial charge in [-0.15, -0.1) is 0 Å². The molecule has 0 unspecified atom stereocenters. The lowest BCUT2D eigenvalue weighted by Crippen LogP contribution is -2.17. The molecule has 0 atom stereocenters. The van der Waals surface area contributed by atoms with Crippen LogP contribution in [0.25, 0.3) is 22.5 Å². The summed E-state index contributed by atoms with van der Waals surface area (Å²) in [6.07, 6.45) is 6.84. The van der Waals surface area contributed by atoms with Gasteiger partial charge in [-0.2, -0.15) is 0 Å². The van der Waals surface area contributed by atoms with Crippen molar-refractivity contribution in [1.82, 2.24) is 19.9 Å². The minimum atomic E-state index is -0.912. The van der Waals surface area contributed by atoms with Crippen molar-refractivity contribution in [1.29, 1.82) is 0 Å². The summed E-state index contributed by atoms with van der Waals surface area (Å²) in [5.41, 5.74) is 7.25. The molecule has 2 aromatic carbocycles. The molecule has 0 radical (unpaired) electrons. The minimum absolute atomic E-state index is 0.174. The third kappa shape index (κ3) is 6.54. The van der Waals surface area contributed by atoms with Crippen LogP contribution in [0.2, 0.25) is 0 Å². The monoisotopic (exact) mass is 550 g/mol. The van der Waals surface area contributed by atoms with Gasteiger partial charge in [-0.3, -0.25) is 9.97 Å². The predicted octanol–water partition coefficient (Wildman–Crippen LogP) is 7.36. The highest BCUT2D eigenvalue weighted by Gasteiger charge is 2.17. The maximum atomic E-state index is 12.8. The molecule has 7 heteroatoms. The molecule has 0 bridgehead atoms. The third-order valence-corrected chi connectivity index (χ3v) is 6.64. The first-order chi connectivity index (χ1) is 20.7. The number of carbonyl (C=O) groups excluding carboxylic acids is 1. The molecule has 0 saturated carbocycles. The van der Waals surface area contributed by atoms with Crippen molar-refractivity contribution >= 4 is 6.16 Å². The molecule has 4 heterocycles. The van der Waals surface area contributed by atoms with Gasteiger partial charge in [-0.25, -0.2) is 14.8 Å². The lowest BCUT2D eigenvalue weighted by atomic mass is 10.1. The van der Waals surface area contributed by atoms with Gasteiger partial charge in [0.1, 0.15) is 0 Å². The fourth-order valence-corrected chi connectivity index (χ4v) is 4.54. The zero-order valence-electron chi connectivity index (χ0n) is 22.6. The predicted molar refractivity (Wildman–Crippen MR) is 160 cm³/mol. The number of benzene rings is 2. The summed E-state index contributed by atoms with van der Waals surface area (Å²) in [5.74, 6) is 0.348. The minimum Gasteiger partial charge on any atom is -0.375 e. The fraction of sp³-hybridized carbons (Fsp3) is 0.0571. The Morgan fingerprint density at radius 1 is 0.500 bits per heavy atom. The van der Waals surface area contributed by atoms with Crippen LogP contribution in [0.4, 0.5) is 4.79 Å². The standard InChI is InChI=1S/C35H26N4O3/c40-35(41-33-29(13-7-19-36-33)21-25-15-17-31(38-23-25)27-9-3-1-4-10-27)42-34-30(14-8-20-37-34)22-26-16-18-32(39-24-26)28-11-5-2-6-12-28/h1-20,23-24H,21-22H2. The van der Waals surface area contributed by atoms with Crippen LogP contribution in [0, 0.1) is 0 Å². The van der Waals surface area contributed by atoms with E-state index >= 15 is 0 Å². The Morgan fingerprint density at radius 3 is 1.36 bits per heavy atom. The van der Waals surface area contributed by atoms with E-state index in [-0.39, 0.29) is 11.8 Å². The summed E-state index contributed by atoms with van der Waals surface area (Å²) in [5, 5.41) is 0. The highest BCUT2D eigenvalue weighted by Crippen LogP contribution is 2.24. The van der Waals surface area contributed by atoms with Crippen LogP contribution >= 0.6 is 0 Å². The summed E-state index contributed by atoms with van der Waals surface area (Å²) in [4.78, 5) is 30.6. The molecule has 0 aliphatic heterocycles. The molecule has 0 aliphatic rings. The van der Waals surface area contributed by atoms with Gasteiger partial charge < -0.3 is 9.47 Å². The normalized spacial score (nSPS) is 10.7. The third-order valence-electron chi connectivity index (χ3n) is 6.64. The van der Waals surface area contributed by atoms with E-state index in [9.17, 15) is 4.79 Å². The van der Waals surface area contributed by atoms with Crippen LogP contribution in [0.15, 0.2) is 134 Å². The molecule has 0 spiro atoms. The van der Waals surface area contributed by atoms with Gasteiger partial charge in [0, 0.05) is 59.9 Å². The maximum Gasteiger partial charge on any atom is 0.522 e. The Labute approximate surface area is 243 Å². The zero-order chi connectivity index (χ0) is 28.6. The molecule has 0 aliphatic carbocycles. The fourth-order valence-electron chi connectivity index (χ4n) is 4.54. The van der Waals surface area contributed by atoms with Crippen LogP contribution in [-0.2, 0) is 12.8 Å². The van der Waals surface area contributed by atoms with Gasteiger partial charge in [0.15, 0.2) is 0 Å². The van der Waals surface area contributed by atoms with Crippen molar-refractivity contribution in [3.63, 3.8) is 0 Å². The number of pyridine rings is 4. The average Bonchev–Trinajstić information content (AvgIpc) is 3.04. The van der Waals surface area contributed by atoms with Crippen LogP contribution < -0.4 is 9.47 Å². The van der Waals surface area contributed by atoms with Gasteiger partial charge >= 0.3 is 6.16 Å². The second-order valence-corrected chi connectivity index (χ2v) is 9.58. The van der Waals surface area contributed by atoms with Gasteiger partial charge in [0.05, 0.1) is 11.4 Å². The molecule has 6 rings (SSSR count). The van der Waals surface area contributed by atoms with Gasteiger partial charge in [0.2, 0.25) is 11.8 Å². The second kappa shape index (κ2) is 12.7. The Hall–Kier alpha value is -5.69. The van der Waals surface area contributed by atoms with Gasteiger partial charge in [0.25, 0.3) is 0 Å². The molecule has 0 N–H and O–H groups in total. The first-order valence-electron chi connectivity index (χ1n) is 13.5. The lowest BCUT2D eigenvalue weighted by Gasteiger charge is -2.11. The second-order valence-electron chi connectivity index (χ2n) is 9.58. The van der Waals surface area contributed by atoms with Crippen molar-refractivity contribution in [2.75, 3.05) is 0 Å². The van der Waals surface area contributed by atoms with E-state index in [0.717, 1.165) is 44.8 Å². The summed E-state index contributed by atoms with van der Waals surface area (Å²) in [6, 6.07) is 35.2. The van der Waals surface area contributed by atoms with Crippen molar-refractivity contribution in [3.05, 3.63) is 156 Å². The van der Waals surface area contributed by atoms with Crippen molar-refractivity contribution < 1.29 is 14.3 Å². The number of hydrogen-bond acceptors (Lipinski definition) is 7. The maximum absolute atomic E-state index is 12.8. The Kier molecular flexibility index (Phi) is 7.99. The van der Waals surface area contributed by atoms with Crippen molar-refractivity contribution in [2.45, 2.75) is 12.8 Å². The van der Waals surface area contributed by atoms with Crippen molar-refractivity contribution in [2.24, 2.45) is 0 Å². The van der Waals surface area contributed by atoms with E-state index in [4.69, 9.17) is 9.47 Å². The van der Waals surface area contributed by atoms with Crippen LogP contribution in [0.3, 0.4) is 0 Å². The zero-order valence-corrected chi connectivity index (χ0v) is 22.6. The van der Waals surface area contributed by atoms with Crippen LogP contribution in [0.1, 0.15) is 22.3 Å². The molecule has 0 fully saturated rings. The summed E-state index contributed by atoms with van der Waals surface area (Å²) < 4.78 is 11.1. The van der Waals surface area contributed by atoms with Crippen LogP contribution in [0.5, 0.6) is 11.8 Å². The highest BCUT2D eigenvalue weighted by atomic mass is 16.7. The number of carbonyl (C=O) groups is 1. The largest absolute Gasteiger partial charge is 0.522 e. The molecule has 204 valence electrons. The lowest BCUT2D eigenvalue weighted by molar-refractivity contribution is 0.147. The molecular formula is C35H26N4O3. The highest BCUT2D eigenvalue weighted by molar-refractivity contribution is 5.67. The van der Waals surface area contributed by atoms with Gasteiger partial charge in [-0.05, 0) is 35.4 Å². The molecule has 7 nitrogen and oxygen atoms in total. The van der Waals surface area contributed by atoms with E-state index in [1.165, 1.54) is 0 Å². The number of nitrogens with zero attached hydrogens (tertiary/aromatic N) is 4. The van der Waals surface area contributed by atoms with E-state index in [2.05, 4.69) is 19.9 Å². The smallest absolute Gasteiger partial charge is 0.375 e. The number of hydrogen-bond donors (Lipinski definition) is 0. The molecular weight excluding hydrogens is 524 g/mol. The molecule has 6 aromatic rings. The van der Waals surface area contributed by atoms with Crippen LogP contribution in [-0.4, -0.2) is 26.1 Å². The summed E-state index contributed by atoms with van der Waals surface area (Å²) in [6.45, 7) is 0. The Bertz CT molecular complexity index is 1640. The molecule has 0 saturated heterocycles. The van der Waals surface area contributed by atoms with Crippen molar-refractivity contribution in [3.8, 4) is 34.3 Å². The molecule has 0 amide bonds.